The molecule has 1 aliphatic rings. The van der Waals surface area contributed by atoms with Gasteiger partial charge in [0.15, 0.2) is 0 Å². The summed E-state index contributed by atoms with van der Waals surface area (Å²) in [5.74, 6) is 2.48. The zero-order valence-corrected chi connectivity index (χ0v) is 17.0. The lowest BCUT2D eigenvalue weighted by Gasteiger charge is -2.31. The lowest BCUT2D eigenvalue weighted by atomic mass is 9.98. The summed E-state index contributed by atoms with van der Waals surface area (Å²) in [4.78, 5) is 19.1. The Kier molecular flexibility index (Phi) is 5.83. The SMILES string of the molecule is COc1ccc(-c2noc([C@H]3CCCN(C(=O)Nc4ccccc4OC)C3)n2)cc1. The van der Waals surface area contributed by atoms with E-state index in [1.807, 2.05) is 48.5 Å². The van der Waals surface area contributed by atoms with Crippen molar-refractivity contribution in [3.8, 4) is 22.9 Å². The number of nitrogens with zero attached hydrogens (tertiary/aromatic N) is 3. The molecular weight excluding hydrogens is 384 g/mol. The number of ether oxygens (including phenoxy) is 2. The molecule has 4 rings (SSSR count). The van der Waals surface area contributed by atoms with E-state index in [0.717, 1.165) is 24.2 Å². The van der Waals surface area contributed by atoms with Crippen molar-refractivity contribution < 1.29 is 18.8 Å². The number of para-hydroxylation sites is 2. The van der Waals surface area contributed by atoms with Crippen LogP contribution in [0.15, 0.2) is 53.1 Å². The Hall–Kier alpha value is -3.55. The molecule has 156 valence electrons. The van der Waals surface area contributed by atoms with Crippen LogP contribution in [0.5, 0.6) is 11.5 Å². The zero-order chi connectivity index (χ0) is 20.9. The van der Waals surface area contributed by atoms with Gasteiger partial charge in [-0.25, -0.2) is 4.79 Å². The predicted molar refractivity (Wildman–Crippen MR) is 112 cm³/mol. The molecule has 30 heavy (non-hydrogen) atoms. The largest absolute Gasteiger partial charge is 0.497 e. The number of urea groups is 1. The molecule has 1 saturated heterocycles. The third-order valence-corrected chi connectivity index (χ3v) is 5.20. The number of methoxy groups -OCH3 is 2. The lowest BCUT2D eigenvalue weighted by molar-refractivity contribution is 0.184. The molecule has 8 nitrogen and oxygen atoms in total. The minimum atomic E-state index is -0.168. The van der Waals surface area contributed by atoms with E-state index in [4.69, 9.17) is 14.0 Å². The molecule has 1 N–H and O–H groups in total. The molecular formula is C22H24N4O4. The molecule has 1 aromatic heterocycles. The summed E-state index contributed by atoms with van der Waals surface area (Å²) in [7, 11) is 3.21. The number of carbonyl (C=O) groups is 1. The van der Waals surface area contributed by atoms with Crippen LogP contribution in [0.2, 0.25) is 0 Å². The van der Waals surface area contributed by atoms with E-state index in [2.05, 4.69) is 15.5 Å². The maximum atomic E-state index is 12.8. The van der Waals surface area contributed by atoms with Crippen molar-refractivity contribution in [2.24, 2.45) is 0 Å². The van der Waals surface area contributed by atoms with Crippen LogP contribution in [-0.2, 0) is 0 Å². The summed E-state index contributed by atoms with van der Waals surface area (Å²) in [6.45, 7) is 1.20. The monoisotopic (exact) mass is 408 g/mol. The van der Waals surface area contributed by atoms with Gasteiger partial charge in [-0.15, -0.1) is 0 Å². The van der Waals surface area contributed by atoms with Crippen LogP contribution >= 0.6 is 0 Å². The minimum absolute atomic E-state index is 0.00154. The summed E-state index contributed by atoms with van der Waals surface area (Å²) in [6, 6.07) is 14.7. The number of aromatic nitrogens is 2. The molecule has 2 amide bonds. The van der Waals surface area contributed by atoms with Crippen molar-refractivity contribution in [3.05, 3.63) is 54.4 Å². The number of nitrogens with one attached hydrogen (secondary N) is 1. The smallest absolute Gasteiger partial charge is 0.321 e. The predicted octanol–water partition coefficient (Wildman–Crippen LogP) is 4.17. The Balaban J connectivity index is 1.43. The molecule has 0 aliphatic carbocycles. The Labute approximate surface area is 174 Å². The van der Waals surface area contributed by atoms with E-state index in [-0.39, 0.29) is 11.9 Å². The Bertz CT molecular complexity index is 1000. The molecule has 1 aliphatic heterocycles. The number of hydrogen-bond donors (Lipinski definition) is 1. The zero-order valence-electron chi connectivity index (χ0n) is 17.0. The molecule has 8 heteroatoms. The van der Waals surface area contributed by atoms with Crippen LogP contribution in [0, 0.1) is 0 Å². The number of likely N-dealkylation sites (tertiary alicyclic amines) is 1. The third kappa shape index (κ3) is 4.22. The van der Waals surface area contributed by atoms with Crippen LogP contribution in [-0.4, -0.2) is 48.4 Å². The summed E-state index contributed by atoms with van der Waals surface area (Å²) in [5, 5.41) is 7.04. The van der Waals surface area contributed by atoms with Gasteiger partial charge in [0.25, 0.3) is 0 Å². The van der Waals surface area contributed by atoms with Crippen LogP contribution in [0.3, 0.4) is 0 Å². The first kappa shape index (κ1) is 19.8. The number of rotatable bonds is 5. The highest BCUT2D eigenvalue weighted by molar-refractivity contribution is 5.91. The molecule has 3 aromatic rings. The van der Waals surface area contributed by atoms with Gasteiger partial charge in [0, 0.05) is 18.7 Å². The number of benzene rings is 2. The van der Waals surface area contributed by atoms with E-state index in [9.17, 15) is 4.79 Å². The van der Waals surface area contributed by atoms with Crippen molar-refractivity contribution >= 4 is 11.7 Å². The van der Waals surface area contributed by atoms with Crippen LogP contribution in [0.1, 0.15) is 24.7 Å². The number of hydrogen-bond acceptors (Lipinski definition) is 6. The van der Waals surface area contributed by atoms with E-state index >= 15 is 0 Å². The fourth-order valence-electron chi connectivity index (χ4n) is 3.56. The van der Waals surface area contributed by atoms with E-state index in [1.54, 1.807) is 19.1 Å². The first-order valence-corrected chi connectivity index (χ1v) is 9.85. The van der Waals surface area contributed by atoms with E-state index in [0.29, 0.717) is 36.2 Å². The summed E-state index contributed by atoms with van der Waals surface area (Å²) in [5.41, 5.74) is 1.50. The number of amides is 2. The molecule has 2 heterocycles. The molecule has 1 fully saturated rings. The molecule has 2 aromatic carbocycles. The third-order valence-electron chi connectivity index (χ3n) is 5.20. The van der Waals surface area contributed by atoms with E-state index in [1.165, 1.54) is 0 Å². The molecule has 0 spiro atoms. The van der Waals surface area contributed by atoms with Crippen LogP contribution in [0.25, 0.3) is 11.4 Å². The molecule has 0 radical (unpaired) electrons. The van der Waals surface area contributed by atoms with Gasteiger partial charge in [-0.1, -0.05) is 17.3 Å². The standard InChI is InChI=1S/C22H24N4O4/c1-28-17-11-9-15(10-12-17)20-24-21(30-25-20)16-6-5-13-26(14-16)22(27)23-18-7-3-4-8-19(18)29-2/h3-4,7-12,16H,5-6,13-14H2,1-2H3,(H,23,27)/t16-/m0/s1. The Morgan fingerprint density at radius 3 is 2.70 bits per heavy atom. The first-order valence-electron chi connectivity index (χ1n) is 9.85. The van der Waals surface area contributed by atoms with Gasteiger partial charge in [-0.2, -0.15) is 4.98 Å². The highest BCUT2D eigenvalue weighted by Gasteiger charge is 2.29. The average molecular weight is 408 g/mol. The topological polar surface area (TPSA) is 89.7 Å². The van der Waals surface area contributed by atoms with Gasteiger partial charge < -0.3 is 24.2 Å². The molecule has 0 unspecified atom stereocenters. The summed E-state index contributed by atoms with van der Waals surface area (Å²) in [6.07, 6.45) is 1.76. The van der Waals surface area contributed by atoms with Crippen molar-refractivity contribution in [1.29, 1.82) is 0 Å². The second-order valence-electron chi connectivity index (χ2n) is 7.10. The van der Waals surface area contributed by atoms with Crippen molar-refractivity contribution in [2.75, 3.05) is 32.6 Å². The molecule has 1 atom stereocenters. The van der Waals surface area contributed by atoms with Gasteiger partial charge in [-0.05, 0) is 49.2 Å². The normalized spacial score (nSPS) is 16.2. The molecule has 0 saturated carbocycles. The Morgan fingerprint density at radius 2 is 1.93 bits per heavy atom. The lowest BCUT2D eigenvalue weighted by Crippen LogP contribution is -2.41. The summed E-state index contributed by atoms with van der Waals surface area (Å²) >= 11 is 0. The van der Waals surface area contributed by atoms with Crippen LogP contribution < -0.4 is 14.8 Å². The maximum absolute atomic E-state index is 12.8. The van der Waals surface area contributed by atoms with Gasteiger partial charge in [-0.3, -0.25) is 0 Å². The Morgan fingerprint density at radius 1 is 1.13 bits per heavy atom. The first-order chi connectivity index (χ1) is 14.7. The molecule has 0 bridgehead atoms. The fraction of sp³-hybridized carbons (Fsp3) is 0.318. The van der Waals surface area contributed by atoms with Gasteiger partial charge >= 0.3 is 6.03 Å². The number of anilines is 1. The second kappa shape index (κ2) is 8.86. The maximum Gasteiger partial charge on any atom is 0.321 e. The average Bonchev–Trinajstić information content (AvgIpc) is 3.30. The van der Waals surface area contributed by atoms with Gasteiger partial charge in [0.05, 0.1) is 25.8 Å². The fourth-order valence-corrected chi connectivity index (χ4v) is 3.56. The second-order valence-corrected chi connectivity index (χ2v) is 7.10. The quantitative estimate of drug-likeness (QED) is 0.682. The van der Waals surface area contributed by atoms with Crippen molar-refractivity contribution in [3.63, 3.8) is 0 Å². The minimum Gasteiger partial charge on any atom is -0.497 e. The van der Waals surface area contributed by atoms with Gasteiger partial charge in [0.2, 0.25) is 11.7 Å². The number of piperidine rings is 1. The van der Waals surface area contributed by atoms with E-state index < -0.39 is 0 Å². The van der Waals surface area contributed by atoms with Crippen LogP contribution in [0.4, 0.5) is 10.5 Å². The highest BCUT2D eigenvalue weighted by atomic mass is 16.5. The number of carbonyl (C=O) groups excluding carboxylic acids is 1. The van der Waals surface area contributed by atoms with Crippen molar-refractivity contribution in [1.82, 2.24) is 15.0 Å². The van der Waals surface area contributed by atoms with Gasteiger partial charge in [0.1, 0.15) is 11.5 Å². The van der Waals surface area contributed by atoms with Crippen molar-refractivity contribution in [2.45, 2.75) is 18.8 Å². The highest BCUT2D eigenvalue weighted by Crippen LogP contribution is 2.29. The summed E-state index contributed by atoms with van der Waals surface area (Å²) < 4.78 is 16.0.